The zero-order chi connectivity index (χ0) is 14.9. The number of aliphatic hydroxyl groups is 1. The molecular weight excluding hydrogens is 264 g/mol. The maximum atomic E-state index is 12.1. The van der Waals surface area contributed by atoms with Gasteiger partial charge in [-0.1, -0.05) is 31.0 Å². The summed E-state index contributed by atoms with van der Waals surface area (Å²) >= 11 is 0. The van der Waals surface area contributed by atoms with Crippen LogP contribution in [0.3, 0.4) is 0 Å². The number of H-pyrrole nitrogens is 1. The number of rotatable bonds is 4. The number of aromatic nitrogens is 1. The normalized spacial score (nSPS) is 17.2. The molecule has 0 unspecified atom stereocenters. The predicted octanol–water partition coefficient (Wildman–Crippen LogP) is 2.44. The van der Waals surface area contributed by atoms with Crippen molar-refractivity contribution in [1.29, 1.82) is 0 Å². The number of hydrogen-bond acceptors (Lipinski definition) is 2. The van der Waals surface area contributed by atoms with Gasteiger partial charge in [-0.25, -0.2) is 0 Å². The number of nitrogens with one attached hydrogen (secondary N) is 2. The summed E-state index contributed by atoms with van der Waals surface area (Å²) in [6, 6.07) is 6.10. The Morgan fingerprint density at radius 3 is 2.90 bits per heavy atom. The molecule has 1 heterocycles. The average Bonchev–Trinajstić information content (AvgIpc) is 3.06. The minimum absolute atomic E-state index is 0.0299. The fraction of sp³-hybridized carbons (Fsp3) is 0.471. The van der Waals surface area contributed by atoms with E-state index >= 15 is 0 Å². The van der Waals surface area contributed by atoms with E-state index in [1.54, 1.807) is 0 Å². The molecule has 3 rings (SSSR count). The Bertz CT molecular complexity index is 654. The number of carbonyl (C=O) groups is 1. The number of fused-ring (bicyclic) bond motifs is 1. The van der Waals surface area contributed by atoms with Crippen LogP contribution in [0.2, 0.25) is 0 Å². The molecule has 112 valence electrons. The minimum atomic E-state index is -0.688. The highest BCUT2D eigenvalue weighted by molar-refractivity contribution is 5.90. The zero-order valence-corrected chi connectivity index (χ0v) is 12.4. The molecule has 4 heteroatoms. The van der Waals surface area contributed by atoms with Gasteiger partial charge in [-0.05, 0) is 30.9 Å². The first-order valence-corrected chi connectivity index (χ1v) is 7.62. The van der Waals surface area contributed by atoms with Crippen molar-refractivity contribution in [3.63, 3.8) is 0 Å². The summed E-state index contributed by atoms with van der Waals surface area (Å²) in [5, 5.41) is 14.2. The monoisotopic (exact) mass is 286 g/mol. The molecule has 4 nitrogen and oxygen atoms in total. The number of hydrogen-bond donors (Lipinski definition) is 3. The molecule has 3 N–H and O–H groups in total. The van der Waals surface area contributed by atoms with Crippen LogP contribution in [0.5, 0.6) is 0 Å². The highest BCUT2D eigenvalue weighted by Gasteiger charge is 2.31. The van der Waals surface area contributed by atoms with Crippen LogP contribution in [-0.4, -0.2) is 28.1 Å². The van der Waals surface area contributed by atoms with Gasteiger partial charge in [0.05, 0.1) is 12.0 Å². The molecule has 1 aromatic carbocycles. The molecule has 1 aromatic heterocycles. The Morgan fingerprint density at radius 2 is 2.14 bits per heavy atom. The lowest BCUT2D eigenvalue weighted by molar-refractivity contribution is -0.121. The number of benzene rings is 1. The van der Waals surface area contributed by atoms with Crippen molar-refractivity contribution >= 4 is 16.8 Å². The van der Waals surface area contributed by atoms with E-state index in [2.05, 4.69) is 23.3 Å². The number of amides is 1. The second-order valence-corrected chi connectivity index (χ2v) is 6.20. The van der Waals surface area contributed by atoms with Gasteiger partial charge in [-0.3, -0.25) is 4.79 Å². The van der Waals surface area contributed by atoms with Crippen molar-refractivity contribution in [1.82, 2.24) is 10.3 Å². The molecule has 1 amide bonds. The molecule has 0 spiro atoms. The van der Waals surface area contributed by atoms with Gasteiger partial charge < -0.3 is 15.4 Å². The lowest BCUT2D eigenvalue weighted by Gasteiger charge is -2.22. The lowest BCUT2D eigenvalue weighted by atomic mass is 10.0. The third kappa shape index (κ3) is 2.95. The lowest BCUT2D eigenvalue weighted by Crippen LogP contribution is -2.41. The van der Waals surface area contributed by atoms with E-state index in [0.29, 0.717) is 13.0 Å². The van der Waals surface area contributed by atoms with Crippen LogP contribution in [0.15, 0.2) is 24.4 Å². The van der Waals surface area contributed by atoms with Crippen LogP contribution >= 0.6 is 0 Å². The van der Waals surface area contributed by atoms with Gasteiger partial charge in [0.1, 0.15) is 0 Å². The molecule has 0 aliphatic heterocycles. The summed E-state index contributed by atoms with van der Waals surface area (Å²) in [6.45, 7) is 2.42. The Morgan fingerprint density at radius 1 is 1.38 bits per heavy atom. The fourth-order valence-corrected chi connectivity index (χ4v) is 3.22. The van der Waals surface area contributed by atoms with Crippen molar-refractivity contribution in [2.75, 3.05) is 6.54 Å². The number of para-hydroxylation sites is 1. The molecule has 21 heavy (non-hydrogen) atoms. The minimum Gasteiger partial charge on any atom is -0.388 e. The van der Waals surface area contributed by atoms with E-state index in [1.165, 1.54) is 5.56 Å². The van der Waals surface area contributed by atoms with Crippen molar-refractivity contribution in [3.05, 3.63) is 35.5 Å². The number of aryl methyl sites for hydroxylation is 1. The van der Waals surface area contributed by atoms with Gasteiger partial charge in [0.15, 0.2) is 0 Å². The Balaban J connectivity index is 1.65. The molecule has 0 saturated heterocycles. The topological polar surface area (TPSA) is 65.1 Å². The maximum absolute atomic E-state index is 12.1. The standard InChI is InChI=1S/C17H22N2O2/c1-12-5-4-6-14-13(10-18-16(12)14)9-15(20)19-11-17(21)7-2-3-8-17/h4-6,10,18,21H,2-3,7-9,11H2,1H3,(H,19,20). The number of aromatic amines is 1. The summed E-state index contributed by atoms with van der Waals surface area (Å²) in [5.74, 6) is -0.0299. The van der Waals surface area contributed by atoms with Gasteiger partial charge in [-0.2, -0.15) is 0 Å². The van der Waals surface area contributed by atoms with E-state index in [4.69, 9.17) is 0 Å². The van der Waals surface area contributed by atoms with Crippen molar-refractivity contribution < 1.29 is 9.90 Å². The average molecular weight is 286 g/mol. The molecule has 0 atom stereocenters. The molecule has 1 aliphatic rings. The van der Waals surface area contributed by atoms with Crippen LogP contribution < -0.4 is 5.32 Å². The first-order valence-electron chi connectivity index (χ1n) is 7.62. The Hall–Kier alpha value is -1.81. The molecule has 1 saturated carbocycles. The van der Waals surface area contributed by atoms with E-state index in [1.807, 2.05) is 18.3 Å². The molecular formula is C17H22N2O2. The first kappa shape index (κ1) is 14.1. The van der Waals surface area contributed by atoms with Crippen LogP contribution in [-0.2, 0) is 11.2 Å². The van der Waals surface area contributed by atoms with E-state index < -0.39 is 5.60 Å². The van der Waals surface area contributed by atoms with E-state index in [0.717, 1.165) is 42.1 Å². The van der Waals surface area contributed by atoms with E-state index in [9.17, 15) is 9.90 Å². The van der Waals surface area contributed by atoms with Crippen molar-refractivity contribution in [3.8, 4) is 0 Å². The highest BCUT2D eigenvalue weighted by Crippen LogP contribution is 2.28. The summed E-state index contributed by atoms with van der Waals surface area (Å²) < 4.78 is 0. The van der Waals surface area contributed by atoms with Crippen molar-refractivity contribution in [2.24, 2.45) is 0 Å². The SMILES string of the molecule is Cc1cccc2c(CC(=O)NCC3(O)CCCC3)c[nH]c12. The van der Waals surface area contributed by atoms with Gasteiger partial charge in [-0.15, -0.1) is 0 Å². The van der Waals surface area contributed by atoms with Gasteiger partial charge >= 0.3 is 0 Å². The smallest absolute Gasteiger partial charge is 0.224 e. The molecule has 1 aliphatic carbocycles. The Labute approximate surface area is 124 Å². The summed E-state index contributed by atoms with van der Waals surface area (Å²) in [4.78, 5) is 15.3. The van der Waals surface area contributed by atoms with Crippen LogP contribution in [0.25, 0.3) is 10.9 Å². The van der Waals surface area contributed by atoms with Gasteiger partial charge in [0, 0.05) is 23.6 Å². The van der Waals surface area contributed by atoms with Crippen molar-refractivity contribution in [2.45, 2.75) is 44.6 Å². The second kappa shape index (κ2) is 5.53. The zero-order valence-electron chi connectivity index (χ0n) is 12.4. The summed E-state index contributed by atoms with van der Waals surface area (Å²) in [7, 11) is 0. The van der Waals surface area contributed by atoms with Crippen LogP contribution in [0.1, 0.15) is 36.8 Å². The second-order valence-electron chi connectivity index (χ2n) is 6.20. The predicted molar refractivity (Wildman–Crippen MR) is 83.2 cm³/mol. The third-order valence-electron chi connectivity index (χ3n) is 4.51. The van der Waals surface area contributed by atoms with E-state index in [-0.39, 0.29) is 5.91 Å². The highest BCUT2D eigenvalue weighted by atomic mass is 16.3. The Kier molecular flexibility index (Phi) is 3.72. The summed E-state index contributed by atoms with van der Waals surface area (Å²) in [6.07, 6.45) is 5.93. The number of carbonyl (C=O) groups excluding carboxylic acids is 1. The largest absolute Gasteiger partial charge is 0.388 e. The maximum Gasteiger partial charge on any atom is 0.224 e. The molecule has 2 aromatic rings. The quantitative estimate of drug-likeness (QED) is 0.808. The summed E-state index contributed by atoms with van der Waals surface area (Å²) in [5.41, 5.74) is 2.59. The fourth-order valence-electron chi connectivity index (χ4n) is 3.22. The molecule has 0 radical (unpaired) electrons. The van der Waals surface area contributed by atoms with Gasteiger partial charge in [0.2, 0.25) is 5.91 Å². The molecule has 0 bridgehead atoms. The van der Waals surface area contributed by atoms with Crippen LogP contribution in [0.4, 0.5) is 0 Å². The third-order valence-corrected chi connectivity index (χ3v) is 4.51. The first-order chi connectivity index (χ1) is 10.1. The van der Waals surface area contributed by atoms with Gasteiger partial charge in [0.25, 0.3) is 0 Å². The molecule has 1 fully saturated rings. The van der Waals surface area contributed by atoms with Crippen LogP contribution in [0, 0.1) is 6.92 Å².